The summed E-state index contributed by atoms with van der Waals surface area (Å²) >= 11 is 0. The summed E-state index contributed by atoms with van der Waals surface area (Å²) in [7, 11) is 0. The molecule has 0 aromatic rings. The van der Waals surface area contributed by atoms with Gasteiger partial charge in [0.25, 0.3) is 0 Å². The van der Waals surface area contributed by atoms with Crippen molar-refractivity contribution in [1.29, 1.82) is 0 Å². The van der Waals surface area contributed by atoms with Crippen molar-refractivity contribution in [2.75, 3.05) is 0 Å². The van der Waals surface area contributed by atoms with Crippen molar-refractivity contribution >= 4 is 0 Å². The normalized spacial score (nSPS) is 46.0. The lowest BCUT2D eigenvalue weighted by Crippen LogP contribution is -2.27. The molecule has 0 heterocycles. The predicted octanol–water partition coefficient (Wildman–Crippen LogP) is 5.91. The van der Waals surface area contributed by atoms with Crippen LogP contribution in [0.5, 0.6) is 0 Å². The van der Waals surface area contributed by atoms with Gasteiger partial charge in [-0.2, -0.15) is 0 Å². The van der Waals surface area contributed by atoms with Gasteiger partial charge in [0.2, 0.25) is 0 Å². The van der Waals surface area contributed by atoms with E-state index in [0.29, 0.717) is 0 Å². The molecule has 0 saturated heterocycles. The van der Waals surface area contributed by atoms with E-state index in [1.54, 1.807) is 6.42 Å². The van der Waals surface area contributed by atoms with E-state index in [2.05, 4.69) is 27.7 Å². The molecule has 0 aromatic heterocycles. The second-order valence-electron chi connectivity index (χ2n) is 7.69. The quantitative estimate of drug-likeness (QED) is 0.584. The van der Waals surface area contributed by atoms with Crippen molar-refractivity contribution in [1.82, 2.24) is 0 Å². The molecular formula is C18H34. The summed E-state index contributed by atoms with van der Waals surface area (Å²) < 4.78 is 0. The lowest BCUT2D eigenvalue weighted by molar-refractivity contribution is 0.131. The smallest absolute Gasteiger partial charge is 0.0388 e. The fourth-order valence-electron chi connectivity index (χ4n) is 4.64. The molecule has 0 aromatic carbocycles. The van der Waals surface area contributed by atoms with E-state index < -0.39 is 0 Å². The molecule has 106 valence electrons. The summed E-state index contributed by atoms with van der Waals surface area (Å²) in [4.78, 5) is 0. The van der Waals surface area contributed by atoms with Crippen LogP contribution in [0.2, 0.25) is 0 Å². The maximum absolute atomic E-state index is 2.48. The van der Waals surface area contributed by atoms with Crippen molar-refractivity contribution in [3.63, 3.8) is 0 Å². The molecule has 2 aliphatic rings. The van der Waals surface area contributed by atoms with Crippen molar-refractivity contribution in [3.8, 4) is 0 Å². The summed E-state index contributed by atoms with van der Waals surface area (Å²) in [6.45, 7) is 9.81. The van der Waals surface area contributed by atoms with E-state index in [1.165, 1.54) is 44.9 Å². The van der Waals surface area contributed by atoms with Crippen LogP contribution in [0.3, 0.4) is 0 Å². The van der Waals surface area contributed by atoms with Gasteiger partial charge < -0.3 is 0 Å². The average Bonchev–Trinajstić information content (AvgIpc) is 2.36. The first-order valence-electron chi connectivity index (χ1n) is 8.60. The highest BCUT2D eigenvalue weighted by Gasteiger charge is 2.30. The second-order valence-corrected chi connectivity index (χ2v) is 7.69. The summed E-state index contributed by atoms with van der Waals surface area (Å²) in [5.74, 6) is 6.12. The van der Waals surface area contributed by atoms with Crippen molar-refractivity contribution in [2.45, 2.75) is 79.1 Å². The molecule has 2 fully saturated rings. The minimum atomic E-state index is 0.980. The van der Waals surface area contributed by atoms with Crippen molar-refractivity contribution in [2.24, 2.45) is 35.5 Å². The van der Waals surface area contributed by atoms with E-state index in [9.17, 15) is 0 Å². The van der Waals surface area contributed by atoms with E-state index in [4.69, 9.17) is 0 Å². The predicted molar refractivity (Wildman–Crippen MR) is 80.6 cm³/mol. The van der Waals surface area contributed by atoms with Crippen LogP contribution in [-0.2, 0) is 0 Å². The van der Waals surface area contributed by atoms with Crippen LogP contribution in [0.4, 0.5) is 0 Å². The highest BCUT2D eigenvalue weighted by molar-refractivity contribution is 4.82. The molecule has 2 saturated carbocycles. The van der Waals surface area contributed by atoms with Crippen LogP contribution in [0, 0.1) is 35.5 Å². The number of hydrogen-bond donors (Lipinski definition) is 0. The van der Waals surface area contributed by atoms with Crippen LogP contribution in [0.15, 0.2) is 0 Å². The largest absolute Gasteiger partial charge is 0.0651 e. The minimum absolute atomic E-state index is 0.980. The van der Waals surface area contributed by atoms with Gasteiger partial charge in [-0.25, -0.2) is 0 Å². The van der Waals surface area contributed by atoms with E-state index in [1.807, 2.05) is 0 Å². The third kappa shape index (κ3) is 3.52. The van der Waals surface area contributed by atoms with Crippen LogP contribution >= 0.6 is 0 Å². The summed E-state index contributed by atoms with van der Waals surface area (Å²) in [6.07, 6.45) is 12.1. The maximum atomic E-state index is 2.48. The Morgan fingerprint density at radius 1 is 0.722 bits per heavy atom. The zero-order chi connectivity index (χ0) is 13.1. The fraction of sp³-hybridized carbons (Fsp3) is 1.00. The SMILES string of the molecule is CCC1CC(CC2CCC(C)C(C)C2)CCC1C. The minimum Gasteiger partial charge on any atom is -0.0651 e. The van der Waals surface area contributed by atoms with Gasteiger partial charge in [0.1, 0.15) is 0 Å². The summed E-state index contributed by atoms with van der Waals surface area (Å²) in [6, 6.07) is 0. The molecule has 18 heavy (non-hydrogen) atoms. The lowest BCUT2D eigenvalue weighted by Gasteiger charge is -2.38. The Bertz CT molecular complexity index is 244. The molecule has 0 spiro atoms. The van der Waals surface area contributed by atoms with Gasteiger partial charge in [0.05, 0.1) is 0 Å². The molecule has 0 nitrogen and oxygen atoms in total. The Morgan fingerprint density at radius 2 is 1.33 bits per heavy atom. The topological polar surface area (TPSA) is 0 Å². The molecule has 0 amide bonds. The number of hydrogen-bond acceptors (Lipinski definition) is 0. The monoisotopic (exact) mass is 250 g/mol. The Hall–Kier alpha value is 0. The molecule has 0 aliphatic heterocycles. The summed E-state index contributed by atoms with van der Waals surface area (Å²) in [5.41, 5.74) is 0. The van der Waals surface area contributed by atoms with Crippen LogP contribution in [0.1, 0.15) is 79.1 Å². The van der Waals surface area contributed by atoms with Gasteiger partial charge in [-0.1, -0.05) is 59.8 Å². The van der Waals surface area contributed by atoms with Gasteiger partial charge in [-0.15, -0.1) is 0 Å². The van der Waals surface area contributed by atoms with Crippen LogP contribution in [-0.4, -0.2) is 0 Å². The molecule has 0 radical (unpaired) electrons. The first-order valence-corrected chi connectivity index (χ1v) is 8.60. The van der Waals surface area contributed by atoms with E-state index in [0.717, 1.165) is 35.5 Å². The first kappa shape index (κ1) is 14.4. The fourth-order valence-corrected chi connectivity index (χ4v) is 4.64. The molecule has 2 aliphatic carbocycles. The van der Waals surface area contributed by atoms with Gasteiger partial charge >= 0.3 is 0 Å². The van der Waals surface area contributed by atoms with Gasteiger partial charge in [-0.3, -0.25) is 0 Å². The third-order valence-electron chi connectivity index (χ3n) is 6.37. The maximum Gasteiger partial charge on any atom is -0.0388 e. The molecule has 2 rings (SSSR count). The molecular weight excluding hydrogens is 216 g/mol. The number of rotatable bonds is 3. The van der Waals surface area contributed by atoms with E-state index in [-0.39, 0.29) is 0 Å². The van der Waals surface area contributed by atoms with Crippen LogP contribution in [0.25, 0.3) is 0 Å². The molecule has 0 N–H and O–H groups in total. The highest BCUT2D eigenvalue weighted by atomic mass is 14.4. The molecule has 6 unspecified atom stereocenters. The second kappa shape index (κ2) is 6.44. The average molecular weight is 250 g/mol. The Kier molecular flexibility index (Phi) is 5.15. The Morgan fingerprint density at radius 3 is 1.94 bits per heavy atom. The van der Waals surface area contributed by atoms with E-state index >= 15 is 0 Å². The first-order chi connectivity index (χ1) is 8.60. The standard InChI is InChI=1S/C18H34/c1-5-18-12-17(9-7-14(18)3)11-16-8-6-13(2)15(4)10-16/h13-18H,5-12H2,1-4H3. The molecule has 6 atom stereocenters. The zero-order valence-corrected chi connectivity index (χ0v) is 13.1. The summed E-state index contributed by atoms with van der Waals surface area (Å²) in [5, 5.41) is 0. The van der Waals surface area contributed by atoms with Gasteiger partial charge in [0.15, 0.2) is 0 Å². The highest BCUT2D eigenvalue weighted by Crippen LogP contribution is 2.42. The van der Waals surface area contributed by atoms with Crippen LogP contribution < -0.4 is 0 Å². The van der Waals surface area contributed by atoms with Gasteiger partial charge in [0, 0.05) is 0 Å². The Balaban J connectivity index is 1.79. The third-order valence-corrected chi connectivity index (χ3v) is 6.37. The Labute approximate surface area is 115 Å². The van der Waals surface area contributed by atoms with Gasteiger partial charge in [-0.05, 0) is 54.8 Å². The zero-order valence-electron chi connectivity index (χ0n) is 13.1. The lowest BCUT2D eigenvalue weighted by atomic mass is 9.68. The van der Waals surface area contributed by atoms with Crippen molar-refractivity contribution in [3.05, 3.63) is 0 Å². The molecule has 0 heteroatoms. The van der Waals surface area contributed by atoms with Crippen molar-refractivity contribution < 1.29 is 0 Å². The molecule has 0 bridgehead atoms.